The summed E-state index contributed by atoms with van der Waals surface area (Å²) in [5.41, 5.74) is 3.08. The third-order valence-electron chi connectivity index (χ3n) is 2.43. The second-order valence-electron chi connectivity index (χ2n) is 3.85. The zero-order chi connectivity index (χ0) is 13.0. The largest absolute Gasteiger partial charge is 0.322 e. The highest BCUT2D eigenvalue weighted by molar-refractivity contribution is 7.16. The Morgan fingerprint density at radius 2 is 2.33 bits per heavy atom. The van der Waals surface area contributed by atoms with E-state index in [2.05, 4.69) is 22.5 Å². The van der Waals surface area contributed by atoms with Gasteiger partial charge in [-0.05, 0) is 25.1 Å². The monoisotopic (exact) mass is 283 g/mol. The van der Waals surface area contributed by atoms with Crippen LogP contribution in [0.25, 0.3) is 10.2 Å². The molecule has 0 spiro atoms. The van der Waals surface area contributed by atoms with E-state index in [0.717, 1.165) is 23.2 Å². The highest BCUT2D eigenvalue weighted by atomic mass is 35.5. The highest BCUT2D eigenvalue weighted by Gasteiger charge is 2.11. The summed E-state index contributed by atoms with van der Waals surface area (Å²) in [6.07, 6.45) is 0.996. The average Bonchev–Trinajstić information content (AvgIpc) is 2.82. The molecule has 18 heavy (non-hydrogen) atoms. The van der Waals surface area contributed by atoms with E-state index in [-0.39, 0.29) is 12.5 Å². The summed E-state index contributed by atoms with van der Waals surface area (Å²) in [6.45, 7) is 3.16. The standard InChI is InChI=1S/C12H14ClN3OS/c1-2-5-14-6-10(17)16-11-8(13)3-4-9-12(11)15-7-18-9/h3-4,7,14H,2,5-6H2,1H3,(H,16,17). The molecular formula is C12H14ClN3OS. The molecule has 2 rings (SSSR count). The molecule has 0 bridgehead atoms. The normalized spacial score (nSPS) is 10.8. The quantitative estimate of drug-likeness (QED) is 0.830. The molecule has 0 saturated heterocycles. The lowest BCUT2D eigenvalue weighted by molar-refractivity contribution is -0.115. The molecule has 4 nitrogen and oxygen atoms in total. The van der Waals surface area contributed by atoms with Crippen molar-refractivity contribution in [3.63, 3.8) is 0 Å². The molecule has 1 aromatic carbocycles. The van der Waals surface area contributed by atoms with Gasteiger partial charge in [-0.3, -0.25) is 4.79 Å². The van der Waals surface area contributed by atoms with Crippen molar-refractivity contribution in [1.29, 1.82) is 0 Å². The minimum absolute atomic E-state index is 0.106. The highest BCUT2D eigenvalue weighted by Crippen LogP contribution is 2.32. The molecule has 0 radical (unpaired) electrons. The summed E-state index contributed by atoms with van der Waals surface area (Å²) in [7, 11) is 0. The van der Waals surface area contributed by atoms with E-state index in [1.165, 1.54) is 11.3 Å². The second-order valence-corrected chi connectivity index (χ2v) is 5.14. The predicted octanol–water partition coefficient (Wildman–Crippen LogP) is 2.89. The fourth-order valence-corrected chi connectivity index (χ4v) is 2.47. The predicted molar refractivity (Wildman–Crippen MR) is 76.4 cm³/mol. The van der Waals surface area contributed by atoms with Crippen LogP contribution < -0.4 is 10.6 Å². The first-order chi connectivity index (χ1) is 8.72. The van der Waals surface area contributed by atoms with Crippen LogP contribution in [0.1, 0.15) is 13.3 Å². The molecule has 1 heterocycles. The molecule has 0 saturated carbocycles. The Bertz CT molecular complexity index is 555. The van der Waals surface area contributed by atoms with E-state index in [4.69, 9.17) is 11.6 Å². The van der Waals surface area contributed by atoms with Crippen molar-refractivity contribution in [2.24, 2.45) is 0 Å². The first-order valence-corrected chi connectivity index (χ1v) is 7.00. The van der Waals surface area contributed by atoms with Gasteiger partial charge in [-0.25, -0.2) is 4.98 Å². The molecule has 0 aliphatic heterocycles. The van der Waals surface area contributed by atoms with Gasteiger partial charge in [-0.1, -0.05) is 18.5 Å². The first-order valence-electron chi connectivity index (χ1n) is 5.74. The van der Waals surface area contributed by atoms with Crippen LogP contribution in [0.15, 0.2) is 17.6 Å². The van der Waals surface area contributed by atoms with Gasteiger partial charge < -0.3 is 10.6 Å². The number of halogens is 1. The summed E-state index contributed by atoms with van der Waals surface area (Å²) in [6, 6.07) is 3.68. The topological polar surface area (TPSA) is 54.0 Å². The summed E-state index contributed by atoms with van der Waals surface area (Å²) in [5, 5.41) is 6.36. The van der Waals surface area contributed by atoms with Crippen molar-refractivity contribution in [1.82, 2.24) is 10.3 Å². The molecular weight excluding hydrogens is 270 g/mol. The molecule has 2 aromatic rings. The van der Waals surface area contributed by atoms with E-state index in [1.807, 2.05) is 6.07 Å². The molecule has 0 aliphatic carbocycles. The van der Waals surface area contributed by atoms with Crippen molar-refractivity contribution < 1.29 is 4.79 Å². The van der Waals surface area contributed by atoms with Crippen LogP contribution in [0, 0.1) is 0 Å². The number of carbonyl (C=O) groups is 1. The van der Waals surface area contributed by atoms with Gasteiger partial charge >= 0.3 is 0 Å². The Morgan fingerprint density at radius 1 is 1.50 bits per heavy atom. The van der Waals surface area contributed by atoms with Crippen molar-refractivity contribution in [3.05, 3.63) is 22.7 Å². The number of hydrogen-bond acceptors (Lipinski definition) is 4. The van der Waals surface area contributed by atoms with Crippen LogP contribution in [-0.4, -0.2) is 24.0 Å². The molecule has 0 fully saturated rings. The Kier molecular flexibility index (Phi) is 4.52. The maximum absolute atomic E-state index is 11.7. The number of nitrogens with one attached hydrogen (secondary N) is 2. The molecule has 0 atom stereocenters. The van der Waals surface area contributed by atoms with E-state index in [0.29, 0.717) is 10.7 Å². The number of hydrogen-bond donors (Lipinski definition) is 2. The maximum atomic E-state index is 11.7. The van der Waals surface area contributed by atoms with E-state index < -0.39 is 0 Å². The van der Waals surface area contributed by atoms with Crippen LogP contribution in [-0.2, 0) is 4.79 Å². The van der Waals surface area contributed by atoms with Gasteiger partial charge in [-0.2, -0.15) is 0 Å². The van der Waals surface area contributed by atoms with Crippen LogP contribution >= 0.6 is 22.9 Å². The molecule has 2 N–H and O–H groups in total. The number of rotatable bonds is 5. The van der Waals surface area contributed by atoms with Gasteiger partial charge in [0.25, 0.3) is 0 Å². The minimum Gasteiger partial charge on any atom is -0.322 e. The fourth-order valence-electron chi connectivity index (χ4n) is 1.59. The Hall–Kier alpha value is -1.17. The van der Waals surface area contributed by atoms with E-state index in [1.54, 1.807) is 11.6 Å². The number of thiazole rings is 1. The van der Waals surface area contributed by atoms with E-state index in [9.17, 15) is 4.79 Å². The summed E-state index contributed by atoms with van der Waals surface area (Å²) in [5.74, 6) is -0.106. The van der Waals surface area contributed by atoms with Crippen LogP contribution in [0.3, 0.4) is 0 Å². The van der Waals surface area contributed by atoms with E-state index >= 15 is 0 Å². The van der Waals surface area contributed by atoms with Gasteiger partial charge in [0.2, 0.25) is 5.91 Å². The number of aromatic nitrogens is 1. The number of carbonyl (C=O) groups excluding carboxylic acids is 1. The number of amides is 1. The Morgan fingerprint density at radius 3 is 3.11 bits per heavy atom. The SMILES string of the molecule is CCCNCC(=O)Nc1c(Cl)ccc2scnc12. The number of nitrogens with zero attached hydrogens (tertiary/aromatic N) is 1. The molecule has 0 unspecified atom stereocenters. The minimum atomic E-state index is -0.106. The van der Waals surface area contributed by atoms with Crippen LogP contribution in [0.5, 0.6) is 0 Å². The Labute approximate surface area is 114 Å². The molecule has 0 aliphatic rings. The average molecular weight is 284 g/mol. The van der Waals surface area contributed by atoms with Gasteiger partial charge in [0.1, 0.15) is 5.52 Å². The summed E-state index contributed by atoms with van der Waals surface area (Å²) < 4.78 is 1.01. The van der Waals surface area contributed by atoms with Gasteiger partial charge in [-0.15, -0.1) is 11.3 Å². The lowest BCUT2D eigenvalue weighted by Gasteiger charge is -2.08. The zero-order valence-electron chi connectivity index (χ0n) is 10.00. The van der Waals surface area contributed by atoms with Gasteiger partial charge in [0, 0.05) is 0 Å². The molecule has 96 valence electrons. The third-order valence-corrected chi connectivity index (χ3v) is 3.54. The first kappa shape index (κ1) is 13.3. The summed E-state index contributed by atoms with van der Waals surface area (Å²) in [4.78, 5) is 16.0. The van der Waals surface area contributed by atoms with Crippen molar-refractivity contribution >= 4 is 44.7 Å². The van der Waals surface area contributed by atoms with Crippen LogP contribution in [0.2, 0.25) is 5.02 Å². The maximum Gasteiger partial charge on any atom is 0.238 e. The number of benzene rings is 1. The smallest absolute Gasteiger partial charge is 0.238 e. The number of fused-ring (bicyclic) bond motifs is 1. The van der Waals surface area contributed by atoms with Crippen LogP contribution in [0.4, 0.5) is 5.69 Å². The lowest BCUT2D eigenvalue weighted by atomic mass is 10.3. The molecule has 1 aromatic heterocycles. The second kappa shape index (κ2) is 6.13. The third kappa shape index (κ3) is 2.98. The summed E-state index contributed by atoms with van der Waals surface area (Å²) >= 11 is 7.62. The van der Waals surface area contributed by atoms with Crippen molar-refractivity contribution in [3.8, 4) is 0 Å². The van der Waals surface area contributed by atoms with Crippen molar-refractivity contribution in [2.75, 3.05) is 18.4 Å². The fraction of sp³-hybridized carbons (Fsp3) is 0.333. The molecule has 6 heteroatoms. The van der Waals surface area contributed by atoms with Gasteiger partial charge in [0.05, 0.1) is 27.5 Å². The van der Waals surface area contributed by atoms with Crippen molar-refractivity contribution in [2.45, 2.75) is 13.3 Å². The Balaban J connectivity index is 2.13. The number of anilines is 1. The lowest BCUT2D eigenvalue weighted by Crippen LogP contribution is -2.28. The zero-order valence-corrected chi connectivity index (χ0v) is 11.6. The molecule has 1 amide bonds. The van der Waals surface area contributed by atoms with Gasteiger partial charge in [0.15, 0.2) is 0 Å².